The molecule has 0 saturated carbocycles. The molecule has 0 saturated heterocycles. The number of nitrogens with one attached hydrogen (secondary N) is 1. The Balaban J connectivity index is 0.00000441. The fourth-order valence-electron chi connectivity index (χ4n) is 1.94. The number of hydrogen-bond acceptors (Lipinski definition) is 3. The van der Waals surface area contributed by atoms with Gasteiger partial charge in [0.05, 0.1) is 19.8 Å². The van der Waals surface area contributed by atoms with E-state index >= 15 is 0 Å². The molecule has 0 aromatic heterocycles. The van der Waals surface area contributed by atoms with E-state index in [-0.39, 0.29) is 30.0 Å². The van der Waals surface area contributed by atoms with Crippen LogP contribution in [0.2, 0.25) is 0 Å². The molecule has 1 atom stereocenters. The van der Waals surface area contributed by atoms with E-state index in [4.69, 9.17) is 15.2 Å². The molecule has 0 bridgehead atoms. The zero-order chi connectivity index (χ0) is 15.5. The average Bonchev–Trinajstić information content (AvgIpc) is 2.46. The quantitative estimate of drug-likeness (QED) is 0.279. The molecule has 1 aromatic rings. The number of rotatable bonds is 9. The fraction of sp³-hybridized carbons (Fsp3) is 0.562. The third-order valence-electron chi connectivity index (χ3n) is 2.96. The van der Waals surface area contributed by atoms with E-state index in [0.717, 1.165) is 24.2 Å². The van der Waals surface area contributed by atoms with Crippen LogP contribution in [0, 0.1) is 0 Å². The minimum Gasteiger partial charge on any atom is -0.383 e. The molecule has 126 valence electrons. The van der Waals surface area contributed by atoms with Crippen LogP contribution in [0.15, 0.2) is 29.3 Å². The van der Waals surface area contributed by atoms with Crippen molar-refractivity contribution >= 4 is 29.9 Å². The Morgan fingerprint density at radius 3 is 2.64 bits per heavy atom. The van der Waals surface area contributed by atoms with Gasteiger partial charge in [0.1, 0.15) is 0 Å². The molecular weight excluding hydrogens is 393 g/mol. The highest BCUT2D eigenvalue weighted by Gasteiger charge is 2.04. The Bertz CT molecular complexity index is 441. The Hall–Kier alpha value is -0.860. The van der Waals surface area contributed by atoms with Gasteiger partial charge in [-0.15, -0.1) is 24.0 Å². The summed E-state index contributed by atoms with van der Waals surface area (Å²) in [5.74, 6) is 0.434. The second kappa shape index (κ2) is 12.7. The molecule has 5 nitrogen and oxygen atoms in total. The molecule has 0 aliphatic carbocycles. The van der Waals surface area contributed by atoms with Crippen molar-refractivity contribution in [3.63, 3.8) is 0 Å². The van der Waals surface area contributed by atoms with E-state index in [0.29, 0.717) is 25.7 Å². The normalized spacial score (nSPS) is 12.6. The van der Waals surface area contributed by atoms with Crippen LogP contribution in [0.1, 0.15) is 31.4 Å². The van der Waals surface area contributed by atoms with Crippen LogP contribution in [-0.2, 0) is 22.6 Å². The topological polar surface area (TPSA) is 68.9 Å². The Morgan fingerprint density at radius 1 is 1.32 bits per heavy atom. The van der Waals surface area contributed by atoms with Crippen molar-refractivity contribution in [1.82, 2.24) is 5.32 Å². The maximum atomic E-state index is 5.88. The molecule has 0 amide bonds. The Morgan fingerprint density at radius 2 is 2.00 bits per heavy atom. The van der Waals surface area contributed by atoms with E-state index in [1.54, 1.807) is 7.11 Å². The largest absolute Gasteiger partial charge is 0.383 e. The number of methoxy groups -OCH3 is 1. The summed E-state index contributed by atoms with van der Waals surface area (Å²) >= 11 is 0. The summed E-state index contributed by atoms with van der Waals surface area (Å²) in [4.78, 5) is 4.38. The molecule has 1 aromatic carbocycles. The Labute approximate surface area is 150 Å². The monoisotopic (exact) mass is 421 g/mol. The average molecular weight is 421 g/mol. The molecule has 1 rings (SSSR count). The highest BCUT2D eigenvalue weighted by Crippen LogP contribution is 2.11. The van der Waals surface area contributed by atoms with Gasteiger partial charge in [0.2, 0.25) is 0 Å². The zero-order valence-corrected chi connectivity index (χ0v) is 16.0. The maximum Gasteiger partial charge on any atom is 0.189 e. The van der Waals surface area contributed by atoms with Gasteiger partial charge in [0.15, 0.2) is 5.96 Å². The summed E-state index contributed by atoms with van der Waals surface area (Å²) in [5, 5.41) is 3.09. The highest BCUT2D eigenvalue weighted by atomic mass is 127. The lowest BCUT2D eigenvalue weighted by Crippen LogP contribution is -2.40. The van der Waals surface area contributed by atoms with E-state index < -0.39 is 0 Å². The van der Waals surface area contributed by atoms with Gasteiger partial charge in [-0.05, 0) is 24.5 Å². The van der Waals surface area contributed by atoms with Crippen molar-refractivity contribution in [2.24, 2.45) is 10.7 Å². The molecule has 0 radical (unpaired) electrons. The minimum absolute atomic E-state index is 0. The van der Waals surface area contributed by atoms with E-state index in [1.807, 2.05) is 19.1 Å². The first-order chi connectivity index (χ1) is 10.2. The standard InChI is InChI=1S/C16H27N3O2.HI/c1-4-9-21-12-15-8-6-5-7-14(15)10-18-16(17)19-13(2)11-20-3;/h5-8,13H,4,9-12H2,1-3H3,(H3,17,18,19);1H. The second-order valence-corrected chi connectivity index (χ2v) is 5.02. The van der Waals surface area contributed by atoms with Gasteiger partial charge in [-0.2, -0.15) is 0 Å². The molecule has 0 spiro atoms. The van der Waals surface area contributed by atoms with Crippen molar-refractivity contribution in [3.8, 4) is 0 Å². The molecular formula is C16H28IN3O2. The SMILES string of the molecule is CCCOCc1ccccc1CN=C(N)NC(C)COC.I. The molecule has 22 heavy (non-hydrogen) atoms. The van der Waals surface area contributed by atoms with Crippen LogP contribution >= 0.6 is 24.0 Å². The van der Waals surface area contributed by atoms with Crippen LogP contribution in [0.4, 0.5) is 0 Å². The molecule has 0 aliphatic rings. The van der Waals surface area contributed by atoms with Crippen LogP contribution in [0.3, 0.4) is 0 Å². The lowest BCUT2D eigenvalue weighted by atomic mass is 10.1. The zero-order valence-electron chi connectivity index (χ0n) is 13.7. The van der Waals surface area contributed by atoms with Gasteiger partial charge in [0.25, 0.3) is 0 Å². The van der Waals surface area contributed by atoms with E-state index in [2.05, 4.69) is 29.4 Å². The highest BCUT2D eigenvalue weighted by molar-refractivity contribution is 14.0. The number of nitrogens with zero attached hydrogens (tertiary/aromatic N) is 1. The third kappa shape index (κ3) is 8.55. The maximum absolute atomic E-state index is 5.88. The van der Waals surface area contributed by atoms with Crippen molar-refractivity contribution < 1.29 is 9.47 Å². The molecule has 1 unspecified atom stereocenters. The predicted molar refractivity (Wildman–Crippen MR) is 102 cm³/mol. The van der Waals surface area contributed by atoms with Crippen LogP contribution in [0.5, 0.6) is 0 Å². The molecule has 3 N–H and O–H groups in total. The van der Waals surface area contributed by atoms with Gasteiger partial charge < -0.3 is 20.5 Å². The summed E-state index contributed by atoms with van der Waals surface area (Å²) in [6.45, 7) is 6.63. The summed E-state index contributed by atoms with van der Waals surface area (Å²) in [5.41, 5.74) is 8.17. The lowest BCUT2D eigenvalue weighted by molar-refractivity contribution is 0.121. The summed E-state index contributed by atoms with van der Waals surface area (Å²) in [6, 6.07) is 8.28. The van der Waals surface area contributed by atoms with Gasteiger partial charge in [-0.25, -0.2) is 4.99 Å². The van der Waals surface area contributed by atoms with Crippen LogP contribution in [-0.4, -0.2) is 32.3 Å². The summed E-state index contributed by atoms with van der Waals surface area (Å²) in [6.07, 6.45) is 1.02. The molecule has 6 heteroatoms. The number of hydrogen-bond donors (Lipinski definition) is 2. The first-order valence-electron chi connectivity index (χ1n) is 7.37. The Kier molecular flexibility index (Phi) is 12.2. The van der Waals surface area contributed by atoms with Crippen molar-refractivity contribution in [1.29, 1.82) is 0 Å². The van der Waals surface area contributed by atoms with Crippen molar-refractivity contribution in [2.45, 2.75) is 39.5 Å². The van der Waals surface area contributed by atoms with Gasteiger partial charge >= 0.3 is 0 Å². The van der Waals surface area contributed by atoms with Crippen LogP contribution in [0.25, 0.3) is 0 Å². The van der Waals surface area contributed by atoms with Gasteiger partial charge in [-0.3, -0.25) is 0 Å². The third-order valence-corrected chi connectivity index (χ3v) is 2.96. The smallest absolute Gasteiger partial charge is 0.189 e. The number of benzene rings is 1. The first kappa shape index (κ1) is 21.1. The number of aliphatic imine (C=N–C) groups is 1. The second-order valence-electron chi connectivity index (χ2n) is 5.02. The summed E-state index contributed by atoms with van der Waals surface area (Å²) in [7, 11) is 1.66. The number of ether oxygens (including phenoxy) is 2. The first-order valence-corrected chi connectivity index (χ1v) is 7.37. The van der Waals surface area contributed by atoms with E-state index in [1.165, 1.54) is 0 Å². The predicted octanol–water partition coefficient (Wildman–Crippen LogP) is 2.67. The fourth-order valence-corrected chi connectivity index (χ4v) is 1.94. The van der Waals surface area contributed by atoms with Gasteiger partial charge in [0, 0.05) is 19.8 Å². The lowest BCUT2D eigenvalue weighted by Gasteiger charge is -2.13. The van der Waals surface area contributed by atoms with Crippen molar-refractivity contribution in [3.05, 3.63) is 35.4 Å². The molecule has 0 heterocycles. The summed E-state index contributed by atoms with van der Waals surface area (Å²) < 4.78 is 10.7. The minimum atomic E-state index is 0. The van der Waals surface area contributed by atoms with E-state index in [9.17, 15) is 0 Å². The molecule has 0 fully saturated rings. The molecule has 0 aliphatic heterocycles. The van der Waals surface area contributed by atoms with Gasteiger partial charge in [-0.1, -0.05) is 31.2 Å². The van der Waals surface area contributed by atoms with Crippen molar-refractivity contribution in [2.75, 3.05) is 20.3 Å². The number of guanidine groups is 1. The number of nitrogens with two attached hydrogens (primary N) is 1. The van der Waals surface area contributed by atoms with Crippen LogP contribution < -0.4 is 11.1 Å². The number of halogens is 1.